The third-order valence-corrected chi connectivity index (χ3v) is 7.85. The maximum absolute atomic E-state index is 13.4. The van der Waals surface area contributed by atoms with Gasteiger partial charge in [0, 0.05) is 18.8 Å². The van der Waals surface area contributed by atoms with Crippen LogP contribution in [0.15, 0.2) is 58.5 Å². The fourth-order valence-electron chi connectivity index (χ4n) is 5.11. The molecule has 0 bridgehead atoms. The van der Waals surface area contributed by atoms with Crippen LogP contribution < -0.4 is 10.7 Å². The monoisotopic (exact) mass is 513 g/mol. The van der Waals surface area contributed by atoms with Crippen molar-refractivity contribution in [3.05, 3.63) is 76.0 Å². The molecular weight excluding hydrogens is 488 g/mol. The minimum atomic E-state index is -1.21. The highest BCUT2D eigenvalue weighted by atomic mass is 32.2. The third kappa shape index (κ3) is 4.11. The van der Waals surface area contributed by atoms with Gasteiger partial charge in [-0.2, -0.15) is 4.68 Å². The second-order valence-electron chi connectivity index (χ2n) is 9.11. The molecule has 9 nitrogen and oxygen atoms in total. The molecule has 10 heteroatoms. The Kier molecular flexibility index (Phi) is 6.03. The second kappa shape index (κ2) is 9.51. The molecule has 2 aromatic carbocycles. The molecule has 0 atom stereocenters. The topological polar surface area (TPSA) is 111 Å². The second-order valence-corrected chi connectivity index (χ2v) is 10.0. The first kappa shape index (κ1) is 23.5. The van der Waals surface area contributed by atoms with Crippen LogP contribution in [0.1, 0.15) is 48.1 Å². The van der Waals surface area contributed by atoms with Crippen molar-refractivity contribution in [2.45, 2.75) is 56.6 Å². The Balaban J connectivity index is 1.42. The largest absolute Gasteiger partial charge is 0.545 e. The van der Waals surface area contributed by atoms with E-state index in [0.29, 0.717) is 29.2 Å². The van der Waals surface area contributed by atoms with Crippen molar-refractivity contribution < 1.29 is 9.90 Å². The summed E-state index contributed by atoms with van der Waals surface area (Å²) in [5.41, 5.74) is 3.82. The Morgan fingerprint density at radius 3 is 2.70 bits per heavy atom. The summed E-state index contributed by atoms with van der Waals surface area (Å²) in [6, 6.07) is 14.3. The Hall–Kier alpha value is -3.92. The number of carbonyl (C=O) groups is 1. The number of fused-ring (bicyclic) bond motifs is 4. The van der Waals surface area contributed by atoms with Gasteiger partial charge >= 0.3 is 0 Å². The van der Waals surface area contributed by atoms with Crippen LogP contribution in [-0.4, -0.2) is 34.9 Å². The molecule has 0 N–H and O–H groups in total. The maximum Gasteiger partial charge on any atom is 0.284 e. The van der Waals surface area contributed by atoms with Crippen molar-refractivity contribution >= 4 is 28.8 Å². The van der Waals surface area contributed by atoms with Crippen LogP contribution in [0.4, 0.5) is 0 Å². The van der Waals surface area contributed by atoms with Crippen molar-refractivity contribution in [1.29, 1.82) is 0 Å². The van der Waals surface area contributed by atoms with Gasteiger partial charge in [0.2, 0.25) is 0 Å². The fraction of sp³-hybridized carbons (Fsp3) is 0.296. The number of aromatic carboxylic acids is 1. The van der Waals surface area contributed by atoms with E-state index in [-0.39, 0.29) is 11.1 Å². The van der Waals surface area contributed by atoms with E-state index in [1.54, 1.807) is 30.0 Å². The average molecular weight is 514 g/mol. The van der Waals surface area contributed by atoms with Gasteiger partial charge in [0.25, 0.3) is 5.56 Å². The number of carboxylic acid groups (broad SMARTS) is 1. The van der Waals surface area contributed by atoms with Crippen LogP contribution >= 0.6 is 11.8 Å². The number of imidazole rings is 1. The minimum Gasteiger partial charge on any atom is -0.545 e. The molecule has 3 aliphatic rings. The fourth-order valence-corrected chi connectivity index (χ4v) is 6.09. The Labute approximate surface area is 217 Å². The molecule has 6 rings (SSSR count). The van der Waals surface area contributed by atoms with Gasteiger partial charge in [-0.25, -0.2) is 9.97 Å². The molecule has 0 saturated heterocycles. The lowest BCUT2D eigenvalue weighted by molar-refractivity contribution is -0.255. The first-order chi connectivity index (χ1) is 18.0. The summed E-state index contributed by atoms with van der Waals surface area (Å²) in [5, 5.41) is 16.7. The molecule has 1 aromatic heterocycles. The van der Waals surface area contributed by atoms with E-state index in [2.05, 4.69) is 14.2 Å². The lowest BCUT2D eigenvalue weighted by Gasteiger charge is -2.17. The van der Waals surface area contributed by atoms with Crippen molar-refractivity contribution in [3.8, 4) is 17.1 Å². The predicted octanol–water partition coefficient (Wildman–Crippen LogP) is 3.29. The summed E-state index contributed by atoms with van der Waals surface area (Å²) >= 11 is 1.57. The predicted molar refractivity (Wildman–Crippen MR) is 139 cm³/mol. The van der Waals surface area contributed by atoms with E-state index in [1.165, 1.54) is 4.68 Å². The van der Waals surface area contributed by atoms with Crippen LogP contribution in [0.5, 0.6) is 0 Å². The lowest BCUT2D eigenvalue weighted by Crippen LogP contribution is -2.21. The molecule has 3 aromatic rings. The number of hydrogen-bond acceptors (Lipinski definition) is 7. The van der Waals surface area contributed by atoms with Gasteiger partial charge in [0.1, 0.15) is 11.4 Å². The molecule has 0 fully saturated rings. The molecule has 0 radical (unpaired) electrons. The first-order valence-corrected chi connectivity index (χ1v) is 13.4. The number of thioether (sulfide) groups is 1. The number of aromatic nitrogens is 6. The van der Waals surface area contributed by atoms with Gasteiger partial charge in [-0.1, -0.05) is 42.4 Å². The Morgan fingerprint density at radius 1 is 1.08 bits per heavy atom. The van der Waals surface area contributed by atoms with E-state index in [0.717, 1.165) is 60.1 Å². The SMILES string of the molecule is CCn1c(CSc2nc3nn(-c4ccccc4)c(=O)c-3c3n2CCCCC3)nc2cc(C(=O)[O-])ccc21. The van der Waals surface area contributed by atoms with Crippen molar-refractivity contribution in [2.75, 3.05) is 0 Å². The average Bonchev–Trinajstić information content (AvgIpc) is 3.32. The van der Waals surface area contributed by atoms with Crippen molar-refractivity contribution in [2.24, 2.45) is 0 Å². The normalized spacial score (nSPS) is 13.6. The molecule has 188 valence electrons. The molecule has 0 saturated carbocycles. The zero-order valence-corrected chi connectivity index (χ0v) is 21.2. The number of rotatable bonds is 6. The quantitative estimate of drug-likeness (QED) is 0.253. The summed E-state index contributed by atoms with van der Waals surface area (Å²) in [4.78, 5) is 34.4. The van der Waals surface area contributed by atoms with Crippen LogP contribution in [-0.2, 0) is 25.3 Å². The minimum absolute atomic E-state index is 0.114. The van der Waals surface area contributed by atoms with Crippen LogP contribution in [0.25, 0.3) is 28.1 Å². The van der Waals surface area contributed by atoms with Crippen molar-refractivity contribution in [3.63, 3.8) is 0 Å². The van der Waals surface area contributed by atoms with Crippen LogP contribution in [0.3, 0.4) is 0 Å². The number of benzene rings is 2. The van der Waals surface area contributed by atoms with Gasteiger partial charge in [0.15, 0.2) is 11.0 Å². The summed E-state index contributed by atoms with van der Waals surface area (Å²) in [6.07, 6.45) is 3.95. The van der Waals surface area contributed by atoms with Crippen molar-refractivity contribution in [1.82, 2.24) is 28.9 Å². The van der Waals surface area contributed by atoms with Gasteiger partial charge in [-0.15, -0.1) is 5.10 Å². The van der Waals surface area contributed by atoms with Crippen LogP contribution in [0, 0.1) is 0 Å². The van der Waals surface area contributed by atoms with Gasteiger partial charge in [0.05, 0.1) is 28.4 Å². The molecular formula is C27H25N6O3S-. The van der Waals surface area contributed by atoms with Gasteiger partial charge < -0.3 is 19.0 Å². The summed E-state index contributed by atoms with van der Waals surface area (Å²) in [5.74, 6) is 0.632. The smallest absolute Gasteiger partial charge is 0.284 e. The summed E-state index contributed by atoms with van der Waals surface area (Å²) in [7, 11) is 0. The Morgan fingerprint density at radius 2 is 1.92 bits per heavy atom. The number of nitrogens with zero attached hydrogens (tertiary/aromatic N) is 6. The molecule has 3 aliphatic heterocycles. The lowest BCUT2D eigenvalue weighted by atomic mass is 10.1. The highest BCUT2D eigenvalue weighted by Crippen LogP contribution is 2.32. The molecule has 0 spiro atoms. The number of carbonyl (C=O) groups excluding carboxylic acids is 1. The number of hydrogen-bond donors (Lipinski definition) is 0. The standard InChI is InChI=1S/C27H26N6O3S/c1-2-31-20-13-12-17(26(35)36)15-19(20)28-22(31)16-37-27-29-24-23(21-11-7-4-8-14-32(21)27)25(34)33(30-24)18-9-5-3-6-10-18/h3,5-6,9-10,12-13,15H,2,4,7-8,11,14,16H2,1H3,(H,35,36)/p-1. The molecule has 0 amide bonds. The first-order valence-electron chi connectivity index (χ1n) is 12.5. The summed E-state index contributed by atoms with van der Waals surface area (Å²) in [6.45, 7) is 3.55. The Bertz CT molecular complexity index is 1650. The summed E-state index contributed by atoms with van der Waals surface area (Å²) < 4.78 is 5.72. The molecule has 0 unspecified atom stereocenters. The zero-order valence-electron chi connectivity index (χ0n) is 20.4. The highest BCUT2D eigenvalue weighted by Gasteiger charge is 2.27. The van der Waals surface area contributed by atoms with Crippen LogP contribution in [0.2, 0.25) is 0 Å². The molecule has 4 heterocycles. The third-order valence-electron chi connectivity index (χ3n) is 6.88. The zero-order chi connectivity index (χ0) is 25.5. The highest BCUT2D eigenvalue weighted by molar-refractivity contribution is 7.98. The van der Waals surface area contributed by atoms with Gasteiger partial charge in [-0.05, 0) is 56.0 Å². The van der Waals surface area contributed by atoms with Gasteiger partial charge in [-0.3, -0.25) is 4.79 Å². The maximum atomic E-state index is 13.4. The van der Waals surface area contributed by atoms with E-state index in [9.17, 15) is 14.7 Å². The van der Waals surface area contributed by atoms with E-state index in [1.807, 2.05) is 37.3 Å². The number of carboxylic acids is 1. The molecule has 37 heavy (non-hydrogen) atoms. The number of para-hydroxylation sites is 1. The molecule has 0 aliphatic carbocycles. The number of aryl methyl sites for hydroxylation is 1. The van der Waals surface area contributed by atoms with E-state index < -0.39 is 5.97 Å². The van der Waals surface area contributed by atoms with E-state index >= 15 is 0 Å². The van der Waals surface area contributed by atoms with E-state index in [4.69, 9.17) is 9.97 Å².